The third-order valence-electron chi connectivity index (χ3n) is 2.59. The van der Waals surface area contributed by atoms with Crippen LogP contribution in [0.5, 0.6) is 5.75 Å². The molecule has 0 aliphatic rings. The quantitative estimate of drug-likeness (QED) is 0.824. The van der Waals surface area contributed by atoms with Gasteiger partial charge < -0.3 is 10.1 Å². The maximum atomic E-state index is 5.71. The van der Waals surface area contributed by atoms with Gasteiger partial charge in [0.1, 0.15) is 5.75 Å². The summed E-state index contributed by atoms with van der Waals surface area (Å²) in [5.74, 6) is 0.977. The molecule has 1 aromatic rings. The van der Waals surface area contributed by atoms with Crippen molar-refractivity contribution in [3.05, 3.63) is 28.8 Å². The highest BCUT2D eigenvalue weighted by Gasteiger charge is 2.06. The Balaban J connectivity index is 2.89. The second-order valence-electron chi connectivity index (χ2n) is 4.48. The van der Waals surface area contributed by atoms with Gasteiger partial charge in [-0.1, -0.05) is 6.92 Å². The Kier molecular flexibility index (Phi) is 4.81. The maximum absolute atomic E-state index is 5.71. The Bertz CT molecular complexity index is 322. The standard InChI is InChI=1S/C14H23NO/c1-6-15-9-14-11(4)7-13(8-12(14)5)16-10(2)3/h7-8,10,15H,6,9H2,1-5H3. The molecule has 0 heterocycles. The van der Waals surface area contributed by atoms with E-state index in [-0.39, 0.29) is 6.10 Å². The highest BCUT2D eigenvalue weighted by Crippen LogP contribution is 2.22. The Hall–Kier alpha value is -1.02. The molecule has 2 nitrogen and oxygen atoms in total. The molecule has 0 unspecified atom stereocenters. The van der Waals surface area contributed by atoms with Crippen molar-refractivity contribution in [1.29, 1.82) is 0 Å². The number of ether oxygens (including phenoxy) is 1. The first-order valence-corrected chi connectivity index (χ1v) is 6.02. The number of aryl methyl sites for hydroxylation is 2. The van der Waals surface area contributed by atoms with Crippen LogP contribution in [0.4, 0.5) is 0 Å². The van der Waals surface area contributed by atoms with Crippen LogP contribution in [-0.2, 0) is 6.54 Å². The molecule has 1 aromatic carbocycles. The van der Waals surface area contributed by atoms with Crippen LogP contribution in [0.3, 0.4) is 0 Å². The molecule has 0 aromatic heterocycles. The van der Waals surface area contributed by atoms with Crippen LogP contribution in [0.25, 0.3) is 0 Å². The summed E-state index contributed by atoms with van der Waals surface area (Å²) >= 11 is 0. The van der Waals surface area contributed by atoms with Crippen LogP contribution in [0.2, 0.25) is 0 Å². The first-order valence-electron chi connectivity index (χ1n) is 6.02. The van der Waals surface area contributed by atoms with Gasteiger partial charge in [-0.3, -0.25) is 0 Å². The highest BCUT2D eigenvalue weighted by molar-refractivity contribution is 5.41. The van der Waals surface area contributed by atoms with E-state index in [9.17, 15) is 0 Å². The van der Waals surface area contributed by atoms with Gasteiger partial charge in [-0.15, -0.1) is 0 Å². The van der Waals surface area contributed by atoms with E-state index in [0.717, 1.165) is 18.8 Å². The molecule has 0 atom stereocenters. The van der Waals surface area contributed by atoms with E-state index < -0.39 is 0 Å². The van der Waals surface area contributed by atoms with E-state index in [1.54, 1.807) is 0 Å². The minimum absolute atomic E-state index is 0.235. The van der Waals surface area contributed by atoms with E-state index in [0.29, 0.717) is 0 Å². The number of rotatable bonds is 5. The molecule has 0 saturated carbocycles. The van der Waals surface area contributed by atoms with Crippen LogP contribution in [0.15, 0.2) is 12.1 Å². The first-order chi connectivity index (χ1) is 7.54. The molecule has 0 amide bonds. The van der Waals surface area contributed by atoms with E-state index in [2.05, 4.69) is 52.1 Å². The lowest BCUT2D eigenvalue weighted by molar-refractivity contribution is 0.242. The average molecular weight is 221 g/mol. The van der Waals surface area contributed by atoms with Gasteiger partial charge in [0.15, 0.2) is 0 Å². The molecule has 1 N–H and O–H groups in total. The molecular weight excluding hydrogens is 198 g/mol. The summed E-state index contributed by atoms with van der Waals surface area (Å²) in [4.78, 5) is 0. The molecule has 90 valence electrons. The molecule has 0 bridgehead atoms. The molecule has 0 radical (unpaired) electrons. The summed E-state index contributed by atoms with van der Waals surface area (Å²) in [6.07, 6.45) is 0.235. The van der Waals surface area contributed by atoms with Crippen molar-refractivity contribution < 1.29 is 4.74 Å². The Morgan fingerprint density at radius 3 is 2.19 bits per heavy atom. The number of hydrogen-bond donors (Lipinski definition) is 1. The van der Waals surface area contributed by atoms with Crippen LogP contribution in [0, 0.1) is 13.8 Å². The van der Waals surface area contributed by atoms with Crippen LogP contribution < -0.4 is 10.1 Å². The fourth-order valence-electron chi connectivity index (χ4n) is 1.82. The second-order valence-corrected chi connectivity index (χ2v) is 4.48. The highest BCUT2D eigenvalue weighted by atomic mass is 16.5. The Morgan fingerprint density at radius 2 is 1.75 bits per heavy atom. The predicted molar refractivity (Wildman–Crippen MR) is 69.1 cm³/mol. The monoisotopic (exact) mass is 221 g/mol. The molecular formula is C14H23NO. The van der Waals surface area contributed by atoms with E-state index in [1.165, 1.54) is 16.7 Å². The van der Waals surface area contributed by atoms with Crippen molar-refractivity contribution in [1.82, 2.24) is 5.32 Å². The molecule has 0 spiro atoms. The SMILES string of the molecule is CCNCc1c(C)cc(OC(C)C)cc1C. The fraction of sp³-hybridized carbons (Fsp3) is 0.571. The van der Waals surface area contributed by atoms with E-state index in [4.69, 9.17) is 4.74 Å². The molecule has 2 heteroatoms. The number of benzene rings is 1. The molecule has 0 aliphatic carbocycles. The zero-order valence-corrected chi connectivity index (χ0v) is 11.1. The van der Waals surface area contributed by atoms with Gasteiger partial charge in [-0.25, -0.2) is 0 Å². The lowest BCUT2D eigenvalue weighted by Crippen LogP contribution is -2.14. The van der Waals surface area contributed by atoms with Gasteiger partial charge in [0.2, 0.25) is 0 Å². The molecule has 16 heavy (non-hydrogen) atoms. The van der Waals surface area contributed by atoms with Gasteiger partial charge in [0, 0.05) is 6.54 Å². The first kappa shape index (κ1) is 13.0. The van der Waals surface area contributed by atoms with Crippen molar-refractivity contribution in [2.45, 2.75) is 47.3 Å². The van der Waals surface area contributed by atoms with E-state index >= 15 is 0 Å². The Morgan fingerprint density at radius 1 is 1.19 bits per heavy atom. The summed E-state index contributed by atoms with van der Waals surface area (Å²) in [6, 6.07) is 4.25. The number of nitrogens with one attached hydrogen (secondary N) is 1. The van der Waals surface area contributed by atoms with Crippen LogP contribution in [-0.4, -0.2) is 12.6 Å². The summed E-state index contributed by atoms with van der Waals surface area (Å²) in [7, 11) is 0. The van der Waals surface area contributed by atoms with Crippen LogP contribution >= 0.6 is 0 Å². The van der Waals surface area contributed by atoms with Gasteiger partial charge in [-0.2, -0.15) is 0 Å². The molecule has 0 aliphatic heterocycles. The summed E-state index contributed by atoms with van der Waals surface area (Å²) in [5.41, 5.74) is 3.99. The van der Waals surface area contributed by atoms with Crippen molar-refractivity contribution in [3.8, 4) is 5.75 Å². The van der Waals surface area contributed by atoms with Gasteiger partial charge in [0.05, 0.1) is 6.10 Å². The molecule has 0 saturated heterocycles. The van der Waals surface area contributed by atoms with Gasteiger partial charge in [-0.05, 0) is 63.1 Å². The lowest BCUT2D eigenvalue weighted by atomic mass is 10.0. The lowest BCUT2D eigenvalue weighted by Gasteiger charge is -2.15. The molecule has 1 rings (SSSR count). The fourth-order valence-corrected chi connectivity index (χ4v) is 1.82. The Labute approximate surface area is 99.0 Å². The third kappa shape index (κ3) is 3.53. The normalized spacial score (nSPS) is 10.9. The topological polar surface area (TPSA) is 21.3 Å². The van der Waals surface area contributed by atoms with Crippen molar-refractivity contribution in [3.63, 3.8) is 0 Å². The molecule has 0 fully saturated rings. The van der Waals surface area contributed by atoms with Crippen LogP contribution in [0.1, 0.15) is 37.5 Å². The average Bonchev–Trinajstić information content (AvgIpc) is 2.15. The minimum Gasteiger partial charge on any atom is -0.491 e. The van der Waals surface area contributed by atoms with Crippen molar-refractivity contribution >= 4 is 0 Å². The maximum Gasteiger partial charge on any atom is 0.120 e. The van der Waals surface area contributed by atoms with Gasteiger partial charge in [0.25, 0.3) is 0 Å². The second kappa shape index (κ2) is 5.90. The largest absolute Gasteiger partial charge is 0.491 e. The summed E-state index contributed by atoms with van der Waals surface area (Å²) in [5, 5.41) is 3.37. The smallest absolute Gasteiger partial charge is 0.120 e. The van der Waals surface area contributed by atoms with Gasteiger partial charge >= 0.3 is 0 Å². The predicted octanol–water partition coefficient (Wildman–Crippen LogP) is 3.20. The number of hydrogen-bond acceptors (Lipinski definition) is 2. The van der Waals surface area contributed by atoms with Crippen molar-refractivity contribution in [2.75, 3.05) is 6.54 Å². The third-order valence-corrected chi connectivity index (χ3v) is 2.59. The van der Waals surface area contributed by atoms with E-state index in [1.807, 2.05) is 0 Å². The summed E-state index contributed by atoms with van der Waals surface area (Å²) < 4.78 is 5.71. The minimum atomic E-state index is 0.235. The summed E-state index contributed by atoms with van der Waals surface area (Å²) in [6.45, 7) is 12.5. The zero-order chi connectivity index (χ0) is 12.1. The zero-order valence-electron chi connectivity index (χ0n) is 11.1. The van der Waals surface area contributed by atoms with Crippen molar-refractivity contribution in [2.24, 2.45) is 0 Å².